The summed E-state index contributed by atoms with van der Waals surface area (Å²) in [5.41, 5.74) is 21.4. The van der Waals surface area contributed by atoms with Gasteiger partial charge in [-0.15, -0.1) is 0 Å². The second-order valence-electron chi connectivity index (χ2n) is 17.6. The first-order valence-corrected chi connectivity index (χ1v) is 22.0. The maximum Gasteiger partial charge on any atom is 0.135 e. The minimum atomic E-state index is -0.0771. The summed E-state index contributed by atoms with van der Waals surface area (Å²) < 4.78 is 6.25. The van der Waals surface area contributed by atoms with Gasteiger partial charge in [0.05, 0.1) is 0 Å². The molecular weight excluding hydrogens is 749 g/mol. The van der Waals surface area contributed by atoms with Crippen LogP contribution in [0, 0.1) is 0 Å². The summed E-state index contributed by atoms with van der Waals surface area (Å²) in [6.45, 7) is 4.81. The second kappa shape index (κ2) is 15.7. The third-order valence-corrected chi connectivity index (χ3v) is 13.5. The van der Waals surface area contributed by atoms with Crippen molar-refractivity contribution in [1.29, 1.82) is 0 Å². The summed E-state index contributed by atoms with van der Waals surface area (Å²) in [5, 5.41) is 2.29. The monoisotopic (exact) mass is 796 g/mol. The van der Waals surface area contributed by atoms with Crippen LogP contribution in [-0.4, -0.2) is 0 Å². The zero-order valence-corrected chi connectivity index (χ0v) is 35.3. The molecule has 0 aliphatic heterocycles. The number of fused-ring (bicyclic) bond motifs is 6. The molecule has 0 saturated heterocycles. The average molecular weight is 797 g/mol. The zero-order chi connectivity index (χ0) is 41.6. The van der Waals surface area contributed by atoms with Crippen LogP contribution in [0.15, 0.2) is 217 Å². The van der Waals surface area contributed by atoms with Crippen LogP contribution in [0.2, 0.25) is 0 Å². The first-order valence-electron chi connectivity index (χ1n) is 22.0. The first kappa shape index (κ1) is 37.8. The Kier molecular flexibility index (Phi) is 9.54. The van der Waals surface area contributed by atoms with E-state index in [4.69, 9.17) is 4.42 Å². The number of hydrogen-bond donors (Lipinski definition) is 0. The van der Waals surface area contributed by atoms with E-state index in [1.54, 1.807) is 0 Å². The molecule has 0 fully saturated rings. The van der Waals surface area contributed by atoms with Gasteiger partial charge in [0.15, 0.2) is 0 Å². The quantitative estimate of drug-likeness (QED) is 0.134. The number of furan rings is 1. The highest BCUT2D eigenvalue weighted by Crippen LogP contribution is 2.50. The Morgan fingerprint density at radius 1 is 0.387 bits per heavy atom. The van der Waals surface area contributed by atoms with Crippen LogP contribution in [0.1, 0.15) is 54.0 Å². The highest BCUT2D eigenvalue weighted by atomic mass is 16.3. The molecule has 11 rings (SSSR count). The topological polar surface area (TPSA) is 13.1 Å². The van der Waals surface area contributed by atoms with E-state index in [9.17, 15) is 0 Å². The summed E-state index contributed by atoms with van der Waals surface area (Å²) in [6, 6.07) is 78.0. The Morgan fingerprint density at radius 3 is 1.40 bits per heavy atom. The maximum atomic E-state index is 6.25. The van der Waals surface area contributed by atoms with E-state index in [-0.39, 0.29) is 5.41 Å². The molecule has 1 unspecified atom stereocenters. The smallest absolute Gasteiger partial charge is 0.135 e. The lowest BCUT2D eigenvalue weighted by atomic mass is 9.79. The third kappa shape index (κ3) is 7.04. The maximum absolute atomic E-state index is 6.25. The van der Waals surface area contributed by atoms with Crippen LogP contribution >= 0.6 is 0 Å². The molecule has 0 saturated carbocycles. The highest BCUT2D eigenvalue weighted by Gasteiger charge is 2.36. The van der Waals surface area contributed by atoms with E-state index >= 15 is 0 Å². The molecule has 0 spiro atoms. The largest absolute Gasteiger partial charge is 0.456 e. The van der Waals surface area contributed by atoms with Crippen molar-refractivity contribution >= 4 is 21.9 Å². The molecule has 1 aromatic heterocycles. The van der Waals surface area contributed by atoms with E-state index in [1.807, 2.05) is 0 Å². The third-order valence-electron chi connectivity index (χ3n) is 13.5. The van der Waals surface area contributed by atoms with Crippen molar-refractivity contribution in [2.75, 3.05) is 0 Å². The van der Waals surface area contributed by atoms with Gasteiger partial charge < -0.3 is 4.42 Å². The SMILES string of the molecule is CC1(C)c2cc(-c3ccccc3)ccc2-c2ccc(C(CCc3ccc(-c4ccc(-c5ccc6oc7ccc(-c8ccccc8)cc7c6c5)cc4)cc3)Cc3ccccc3)cc21. The molecule has 0 N–H and O–H groups in total. The molecule has 1 aliphatic carbocycles. The fourth-order valence-electron chi connectivity index (χ4n) is 9.93. The fourth-order valence-corrected chi connectivity index (χ4v) is 9.93. The van der Waals surface area contributed by atoms with Crippen LogP contribution in [0.5, 0.6) is 0 Å². The minimum absolute atomic E-state index is 0.0771. The highest BCUT2D eigenvalue weighted by molar-refractivity contribution is 6.07. The van der Waals surface area contributed by atoms with E-state index in [0.29, 0.717) is 5.92 Å². The molecule has 1 atom stereocenters. The van der Waals surface area contributed by atoms with Crippen molar-refractivity contribution in [2.24, 2.45) is 0 Å². The summed E-state index contributed by atoms with van der Waals surface area (Å²) in [7, 11) is 0. The Balaban J connectivity index is 0.817. The van der Waals surface area contributed by atoms with Crippen LogP contribution in [0.25, 0.3) is 77.6 Å². The summed E-state index contributed by atoms with van der Waals surface area (Å²) >= 11 is 0. The van der Waals surface area contributed by atoms with Gasteiger partial charge in [-0.2, -0.15) is 0 Å². The normalized spacial score (nSPS) is 13.3. The van der Waals surface area contributed by atoms with Crippen molar-refractivity contribution < 1.29 is 4.42 Å². The van der Waals surface area contributed by atoms with Gasteiger partial charge in [-0.05, 0) is 139 Å². The predicted molar refractivity (Wildman–Crippen MR) is 261 cm³/mol. The van der Waals surface area contributed by atoms with Crippen molar-refractivity contribution in [3.63, 3.8) is 0 Å². The Bertz CT molecular complexity index is 3190. The van der Waals surface area contributed by atoms with E-state index in [1.165, 1.54) is 83.5 Å². The lowest BCUT2D eigenvalue weighted by molar-refractivity contribution is 0.614. The van der Waals surface area contributed by atoms with E-state index < -0.39 is 0 Å². The Hall–Kier alpha value is -7.22. The number of benzene rings is 9. The van der Waals surface area contributed by atoms with Gasteiger partial charge in [-0.25, -0.2) is 0 Å². The molecule has 0 radical (unpaired) electrons. The number of rotatable bonds is 10. The summed E-state index contributed by atoms with van der Waals surface area (Å²) in [5.74, 6) is 0.402. The molecule has 0 amide bonds. The molecule has 10 aromatic rings. The van der Waals surface area contributed by atoms with Crippen molar-refractivity contribution in [1.82, 2.24) is 0 Å². The van der Waals surface area contributed by atoms with E-state index in [0.717, 1.165) is 41.2 Å². The van der Waals surface area contributed by atoms with Crippen LogP contribution < -0.4 is 0 Å². The van der Waals surface area contributed by atoms with Gasteiger partial charge in [0.2, 0.25) is 0 Å². The number of aryl methyl sites for hydroxylation is 1. The van der Waals surface area contributed by atoms with Crippen LogP contribution in [0.3, 0.4) is 0 Å². The lowest BCUT2D eigenvalue weighted by Crippen LogP contribution is -2.16. The molecule has 62 heavy (non-hydrogen) atoms. The molecule has 298 valence electrons. The predicted octanol–water partition coefficient (Wildman–Crippen LogP) is 16.5. The fraction of sp³-hybridized carbons (Fsp3) is 0.115. The summed E-state index contributed by atoms with van der Waals surface area (Å²) in [6.07, 6.45) is 3.13. The van der Waals surface area contributed by atoms with Crippen molar-refractivity contribution in [2.45, 2.75) is 44.4 Å². The van der Waals surface area contributed by atoms with Crippen LogP contribution in [-0.2, 0) is 18.3 Å². The van der Waals surface area contributed by atoms with Crippen molar-refractivity contribution in [3.8, 4) is 55.6 Å². The molecule has 0 bridgehead atoms. The first-order chi connectivity index (χ1) is 30.4. The number of hydrogen-bond acceptors (Lipinski definition) is 1. The minimum Gasteiger partial charge on any atom is -0.456 e. The van der Waals surface area contributed by atoms with Crippen molar-refractivity contribution in [3.05, 3.63) is 240 Å². The molecular formula is C61H48O. The molecule has 1 heterocycles. The Morgan fingerprint density at radius 2 is 0.823 bits per heavy atom. The molecule has 1 aliphatic rings. The Labute approximate surface area is 365 Å². The second-order valence-corrected chi connectivity index (χ2v) is 17.6. The van der Waals surface area contributed by atoms with Gasteiger partial charge >= 0.3 is 0 Å². The van der Waals surface area contributed by atoms with Gasteiger partial charge in [0.25, 0.3) is 0 Å². The van der Waals surface area contributed by atoms with Gasteiger partial charge in [0, 0.05) is 16.2 Å². The van der Waals surface area contributed by atoms with E-state index in [2.05, 4.69) is 226 Å². The molecule has 1 nitrogen and oxygen atoms in total. The standard InChI is InChI=1S/C61H48O/c1-61(2)57-39-51(44-16-10-5-11-17-44)28-32-53(57)54-33-29-52(40-58(54)61)48(36-42-12-6-3-7-13-42)23-20-41-18-21-45(22-19-41)46-24-26-47(27-25-46)50-31-35-60-56(38-50)55-37-49(30-34-59(55)62-60)43-14-8-4-9-15-43/h3-19,21-22,24-35,37-40,48H,20,23,36H2,1-2H3. The molecule has 9 aromatic carbocycles. The molecule has 1 heteroatoms. The lowest BCUT2D eigenvalue weighted by Gasteiger charge is -2.24. The summed E-state index contributed by atoms with van der Waals surface area (Å²) in [4.78, 5) is 0. The van der Waals surface area contributed by atoms with Gasteiger partial charge in [0.1, 0.15) is 11.2 Å². The van der Waals surface area contributed by atoms with Crippen LogP contribution in [0.4, 0.5) is 0 Å². The van der Waals surface area contributed by atoms with Gasteiger partial charge in [-0.1, -0.05) is 196 Å². The zero-order valence-electron chi connectivity index (χ0n) is 35.3. The average Bonchev–Trinajstić information content (AvgIpc) is 3.81. The van der Waals surface area contributed by atoms with Gasteiger partial charge in [-0.3, -0.25) is 0 Å².